The van der Waals surface area contributed by atoms with Crippen molar-refractivity contribution >= 4 is 16.3 Å². The van der Waals surface area contributed by atoms with Crippen molar-refractivity contribution in [2.24, 2.45) is 0 Å². The Kier molecular flexibility index (Phi) is 3.89. The summed E-state index contributed by atoms with van der Waals surface area (Å²) in [5.74, 6) is 2.43. The first-order valence-electron chi connectivity index (χ1n) is 6.88. The minimum Gasteiger partial charge on any atom is -0.493 e. The predicted molar refractivity (Wildman–Crippen MR) is 85.3 cm³/mol. The Morgan fingerprint density at radius 2 is 1.86 bits per heavy atom. The number of aryl methyl sites for hydroxylation is 1. The summed E-state index contributed by atoms with van der Waals surface area (Å²) in [6.45, 7) is 4.45. The lowest BCUT2D eigenvalue weighted by Crippen LogP contribution is -1.99. The molecule has 2 heterocycles. The van der Waals surface area contributed by atoms with Crippen molar-refractivity contribution in [3.05, 3.63) is 23.2 Å². The zero-order chi connectivity index (χ0) is 15.7. The highest BCUT2D eigenvalue weighted by Crippen LogP contribution is 2.41. The van der Waals surface area contributed by atoms with Crippen molar-refractivity contribution in [2.75, 3.05) is 20.8 Å². The highest BCUT2D eigenvalue weighted by Gasteiger charge is 2.17. The van der Waals surface area contributed by atoms with Crippen LogP contribution < -0.4 is 14.2 Å². The Morgan fingerprint density at radius 3 is 2.41 bits per heavy atom. The molecule has 3 rings (SSSR count). The number of fused-ring (bicyclic) bond motifs is 1. The molecule has 0 bridgehead atoms. The van der Waals surface area contributed by atoms with Gasteiger partial charge >= 0.3 is 0 Å². The van der Waals surface area contributed by atoms with Crippen LogP contribution in [0.2, 0.25) is 0 Å². The van der Waals surface area contributed by atoms with E-state index >= 15 is 0 Å². The minimum atomic E-state index is 0.531. The van der Waals surface area contributed by atoms with E-state index in [9.17, 15) is 0 Å². The highest BCUT2D eigenvalue weighted by molar-refractivity contribution is 7.15. The fourth-order valence-electron chi connectivity index (χ4n) is 2.21. The van der Waals surface area contributed by atoms with Gasteiger partial charge in [0.2, 0.25) is 10.7 Å². The van der Waals surface area contributed by atoms with Crippen LogP contribution in [-0.4, -0.2) is 35.4 Å². The second kappa shape index (κ2) is 5.84. The number of thiazole rings is 1. The normalized spacial score (nSPS) is 10.9. The van der Waals surface area contributed by atoms with Gasteiger partial charge in [-0.2, -0.15) is 4.98 Å². The van der Waals surface area contributed by atoms with E-state index in [-0.39, 0.29) is 0 Å². The van der Waals surface area contributed by atoms with Gasteiger partial charge in [0.05, 0.1) is 26.5 Å². The summed E-state index contributed by atoms with van der Waals surface area (Å²) in [5, 5.41) is 6.56. The maximum absolute atomic E-state index is 5.61. The lowest BCUT2D eigenvalue weighted by atomic mass is 10.1. The Bertz CT molecular complexity index is 785. The van der Waals surface area contributed by atoms with E-state index in [4.69, 9.17) is 14.2 Å². The fourth-order valence-corrected chi connectivity index (χ4v) is 3.01. The fraction of sp³-hybridized carbons (Fsp3) is 0.333. The zero-order valence-electron chi connectivity index (χ0n) is 12.9. The Hall–Kier alpha value is -2.28. The summed E-state index contributed by atoms with van der Waals surface area (Å²) in [4.78, 5) is 5.41. The van der Waals surface area contributed by atoms with E-state index in [0.29, 0.717) is 29.7 Å². The molecule has 0 saturated carbocycles. The molecule has 6 nitrogen and oxygen atoms in total. The van der Waals surface area contributed by atoms with Crippen molar-refractivity contribution in [3.63, 3.8) is 0 Å². The van der Waals surface area contributed by atoms with E-state index < -0.39 is 0 Å². The Labute approximate surface area is 132 Å². The van der Waals surface area contributed by atoms with Crippen LogP contribution in [0.5, 0.6) is 17.2 Å². The number of nitrogens with zero attached hydrogens (tertiary/aromatic N) is 3. The number of hydrogen-bond acceptors (Lipinski definition) is 6. The smallest absolute Gasteiger partial charge is 0.212 e. The van der Waals surface area contributed by atoms with E-state index in [1.54, 1.807) is 25.6 Å². The maximum atomic E-state index is 5.61. The lowest BCUT2D eigenvalue weighted by molar-refractivity contribution is 0.288. The van der Waals surface area contributed by atoms with Crippen LogP contribution in [0.4, 0.5) is 0 Å². The molecular formula is C15H17N3O3S. The molecule has 3 aromatic rings. The zero-order valence-corrected chi connectivity index (χ0v) is 13.7. The summed E-state index contributed by atoms with van der Waals surface area (Å²) < 4.78 is 18.3. The molecule has 0 unspecified atom stereocenters. The molecule has 0 saturated heterocycles. The second-order valence-electron chi connectivity index (χ2n) is 4.65. The van der Waals surface area contributed by atoms with Crippen molar-refractivity contribution in [3.8, 4) is 28.6 Å². The lowest BCUT2D eigenvalue weighted by Gasteiger charge is -2.14. The average molecular weight is 319 g/mol. The quantitative estimate of drug-likeness (QED) is 0.723. The van der Waals surface area contributed by atoms with Crippen LogP contribution in [0.1, 0.15) is 12.6 Å². The molecular weight excluding hydrogens is 302 g/mol. The Balaban J connectivity index is 2.13. The molecule has 2 aromatic heterocycles. The number of rotatable bonds is 5. The molecule has 7 heteroatoms. The van der Waals surface area contributed by atoms with Gasteiger partial charge < -0.3 is 14.2 Å². The van der Waals surface area contributed by atoms with Gasteiger partial charge in [0.25, 0.3) is 0 Å². The summed E-state index contributed by atoms with van der Waals surface area (Å²) in [6, 6.07) is 3.73. The van der Waals surface area contributed by atoms with Gasteiger partial charge in [-0.3, -0.25) is 0 Å². The molecule has 0 fully saturated rings. The molecule has 0 aliphatic rings. The van der Waals surface area contributed by atoms with E-state index in [0.717, 1.165) is 16.2 Å². The van der Waals surface area contributed by atoms with Gasteiger partial charge in [-0.15, -0.1) is 16.4 Å². The Morgan fingerprint density at radius 1 is 1.18 bits per heavy atom. The van der Waals surface area contributed by atoms with Crippen LogP contribution in [0.15, 0.2) is 17.5 Å². The van der Waals surface area contributed by atoms with Gasteiger partial charge in [-0.1, -0.05) is 0 Å². The predicted octanol–water partition coefficient (Wildman–Crippen LogP) is 3.18. The third-order valence-corrected chi connectivity index (χ3v) is 4.19. The van der Waals surface area contributed by atoms with Crippen LogP contribution in [-0.2, 0) is 0 Å². The standard InChI is InChI=1S/C15H17N3O3S/c1-5-21-13-11(19-3)6-10(7-12(13)20-4)14-16-15-18(17-14)9(2)8-22-15/h6-8H,5H2,1-4H3. The highest BCUT2D eigenvalue weighted by atomic mass is 32.1. The van der Waals surface area contributed by atoms with E-state index in [2.05, 4.69) is 10.1 Å². The van der Waals surface area contributed by atoms with Crippen molar-refractivity contribution in [2.45, 2.75) is 13.8 Å². The van der Waals surface area contributed by atoms with Crippen LogP contribution in [0, 0.1) is 6.92 Å². The number of benzene rings is 1. The first-order chi connectivity index (χ1) is 10.7. The summed E-state index contributed by atoms with van der Waals surface area (Å²) in [7, 11) is 3.20. The number of methoxy groups -OCH3 is 2. The molecule has 0 N–H and O–H groups in total. The van der Waals surface area contributed by atoms with Crippen LogP contribution in [0.3, 0.4) is 0 Å². The molecule has 0 aliphatic heterocycles. The molecule has 0 aliphatic carbocycles. The number of aromatic nitrogens is 3. The molecule has 1 aromatic carbocycles. The molecule has 0 spiro atoms. The van der Waals surface area contributed by atoms with Gasteiger partial charge in [-0.05, 0) is 26.0 Å². The molecule has 0 radical (unpaired) electrons. The van der Waals surface area contributed by atoms with Crippen LogP contribution in [0.25, 0.3) is 16.3 Å². The van der Waals surface area contributed by atoms with Crippen molar-refractivity contribution in [1.29, 1.82) is 0 Å². The molecule has 0 atom stereocenters. The van der Waals surface area contributed by atoms with E-state index in [1.807, 2.05) is 35.9 Å². The summed E-state index contributed by atoms with van der Waals surface area (Å²) in [6.07, 6.45) is 0. The number of ether oxygens (including phenoxy) is 3. The van der Waals surface area contributed by atoms with Crippen molar-refractivity contribution < 1.29 is 14.2 Å². The molecule has 116 valence electrons. The topological polar surface area (TPSA) is 57.9 Å². The first kappa shape index (κ1) is 14.6. The summed E-state index contributed by atoms with van der Waals surface area (Å²) >= 11 is 1.56. The summed E-state index contributed by atoms with van der Waals surface area (Å²) in [5.41, 5.74) is 1.89. The van der Waals surface area contributed by atoms with Crippen LogP contribution >= 0.6 is 11.3 Å². The SMILES string of the molecule is CCOc1c(OC)cc(-c2nc3scc(C)n3n2)cc1OC. The van der Waals surface area contributed by atoms with Gasteiger partial charge in [0.15, 0.2) is 17.3 Å². The van der Waals surface area contributed by atoms with E-state index in [1.165, 1.54) is 0 Å². The van der Waals surface area contributed by atoms with Gasteiger partial charge in [-0.25, -0.2) is 4.52 Å². The number of hydrogen-bond donors (Lipinski definition) is 0. The monoisotopic (exact) mass is 319 g/mol. The molecule has 22 heavy (non-hydrogen) atoms. The first-order valence-corrected chi connectivity index (χ1v) is 7.76. The average Bonchev–Trinajstić information content (AvgIpc) is 3.10. The third kappa shape index (κ3) is 2.37. The van der Waals surface area contributed by atoms with Crippen molar-refractivity contribution in [1.82, 2.24) is 14.6 Å². The largest absolute Gasteiger partial charge is 0.493 e. The molecule has 0 amide bonds. The van der Waals surface area contributed by atoms with Gasteiger partial charge in [0, 0.05) is 10.9 Å². The minimum absolute atomic E-state index is 0.531. The third-order valence-electron chi connectivity index (χ3n) is 3.25. The van der Waals surface area contributed by atoms with Gasteiger partial charge in [0.1, 0.15) is 0 Å². The maximum Gasteiger partial charge on any atom is 0.212 e. The second-order valence-corrected chi connectivity index (χ2v) is 5.49.